The molecule has 2 heterocycles. The van der Waals surface area contributed by atoms with Crippen molar-refractivity contribution in [1.29, 1.82) is 0 Å². The zero-order valence-electron chi connectivity index (χ0n) is 39.3. The number of thioether (sulfide) groups is 1. The van der Waals surface area contributed by atoms with E-state index in [1.54, 1.807) is 50.8 Å². The molecule has 1 unspecified atom stereocenters. The summed E-state index contributed by atoms with van der Waals surface area (Å²) in [6.07, 6.45) is 2.73. The Morgan fingerprint density at radius 3 is 1.67 bits per heavy atom. The molecular weight excluding hydrogens is 1070 g/mol. The first kappa shape index (κ1) is 60.8. The smallest absolute Gasteiger partial charge is 0.326 e. The van der Waals surface area contributed by atoms with Gasteiger partial charge in [-0.05, 0) is 55.4 Å². The van der Waals surface area contributed by atoms with E-state index in [0.29, 0.717) is 29.8 Å². The number of carboxylic acid groups (broad SMARTS) is 4. The normalized spacial score (nSPS) is 18.1. The number of benzene rings is 1. The fraction of sp³-hybridized carbons (Fsp3) is 0.636. The zero-order chi connectivity index (χ0) is 50.3. The average Bonchev–Trinajstić information content (AvgIpc) is 3.51. The molecule has 0 saturated carbocycles. The zero-order valence-corrected chi connectivity index (χ0v) is 42.4. The van der Waals surface area contributed by atoms with Crippen LogP contribution in [0.3, 0.4) is 0 Å². The summed E-state index contributed by atoms with van der Waals surface area (Å²) in [7, 11) is 0. The summed E-state index contributed by atoms with van der Waals surface area (Å²) in [5.74, 6) is -7.13. The SMILES string of the molecule is CSCC[C@H](NC(=O)Nc1ccc(CNC(=O)CN2CCN(CC(=O)O)CCN(CC(=O)O)CCN(CC(=O)O)CC2)cc1)C(=O)C[C@@H](C)C(=O)N[C@@H](CCCCN1C(=O)CC(C)C1=O)C(=O)O.[Gd]. The number of urea groups is 1. The van der Waals surface area contributed by atoms with Gasteiger partial charge in [-0.2, -0.15) is 11.8 Å². The summed E-state index contributed by atoms with van der Waals surface area (Å²) in [6, 6.07) is 3.72. The summed E-state index contributed by atoms with van der Waals surface area (Å²) in [5, 5.41) is 48.8. The second-order valence-electron chi connectivity index (χ2n) is 17.1. The molecule has 0 aliphatic carbocycles. The Morgan fingerprint density at radius 1 is 0.710 bits per heavy atom. The van der Waals surface area contributed by atoms with Gasteiger partial charge < -0.3 is 41.7 Å². The van der Waals surface area contributed by atoms with Gasteiger partial charge in [0.05, 0.1) is 32.2 Å². The number of nitrogens with zero attached hydrogens (tertiary/aromatic N) is 5. The van der Waals surface area contributed by atoms with E-state index < -0.39 is 59.6 Å². The Kier molecular flexibility index (Phi) is 28.0. The molecule has 0 bridgehead atoms. The fourth-order valence-electron chi connectivity index (χ4n) is 7.63. The number of carbonyl (C=O) groups excluding carboxylic acids is 6. The molecular formula is C44H67GdN9O14S. The number of hydrogen-bond donors (Lipinski definition) is 8. The van der Waals surface area contributed by atoms with Gasteiger partial charge in [0, 0.05) is 136 Å². The average molecular weight is 1140 g/mol. The van der Waals surface area contributed by atoms with Crippen molar-refractivity contribution in [1.82, 2.24) is 40.4 Å². The summed E-state index contributed by atoms with van der Waals surface area (Å²) >= 11 is 1.46. The molecule has 25 heteroatoms. The molecule has 6 amide bonds. The molecule has 2 aliphatic rings. The number of likely N-dealkylation sites (tertiary alicyclic amines) is 1. The molecule has 23 nitrogen and oxygen atoms in total. The maximum atomic E-state index is 13.4. The van der Waals surface area contributed by atoms with Crippen LogP contribution in [-0.4, -0.2) is 213 Å². The predicted molar refractivity (Wildman–Crippen MR) is 249 cm³/mol. The van der Waals surface area contributed by atoms with Gasteiger partial charge in [-0.15, -0.1) is 0 Å². The second-order valence-corrected chi connectivity index (χ2v) is 18.1. The van der Waals surface area contributed by atoms with Gasteiger partial charge in [0.2, 0.25) is 23.6 Å². The van der Waals surface area contributed by atoms with Gasteiger partial charge in [0.15, 0.2) is 5.78 Å². The van der Waals surface area contributed by atoms with E-state index in [9.17, 15) is 68.4 Å². The van der Waals surface area contributed by atoms with Crippen LogP contribution in [0.15, 0.2) is 24.3 Å². The number of ketones is 1. The van der Waals surface area contributed by atoms with Crippen LogP contribution in [0.25, 0.3) is 0 Å². The van der Waals surface area contributed by atoms with E-state index in [-0.39, 0.29) is 181 Å². The second kappa shape index (κ2) is 31.8. The van der Waals surface area contributed by atoms with Gasteiger partial charge in [-0.1, -0.05) is 26.0 Å². The molecule has 0 aromatic heterocycles. The molecule has 3 rings (SSSR count). The first-order valence-electron chi connectivity index (χ1n) is 22.6. The first-order valence-corrected chi connectivity index (χ1v) is 24.0. The van der Waals surface area contributed by atoms with Crippen molar-refractivity contribution in [3.8, 4) is 0 Å². The van der Waals surface area contributed by atoms with Crippen LogP contribution in [-0.2, 0) is 49.7 Å². The van der Waals surface area contributed by atoms with Crippen molar-refractivity contribution in [2.45, 2.75) is 71.0 Å². The first-order chi connectivity index (χ1) is 32.2. The van der Waals surface area contributed by atoms with Crippen molar-refractivity contribution < 1.29 is 108 Å². The van der Waals surface area contributed by atoms with Gasteiger partial charge in [-0.25, -0.2) is 9.59 Å². The van der Waals surface area contributed by atoms with Crippen LogP contribution in [0.2, 0.25) is 0 Å². The van der Waals surface area contributed by atoms with Crippen LogP contribution < -0.4 is 21.3 Å². The van der Waals surface area contributed by atoms with E-state index in [0.717, 1.165) is 0 Å². The minimum atomic E-state index is -1.26. The van der Waals surface area contributed by atoms with Crippen molar-refractivity contribution in [2.24, 2.45) is 11.8 Å². The molecule has 0 radical (unpaired) electrons. The number of amides is 6. The van der Waals surface area contributed by atoms with E-state index in [2.05, 4.69) is 21.3 Å². The molecule has 8 N–H and O–H groups in total. The van der Waals surface area contributed by atoms with Crippen molar-refractivity contribution in [3.05, 3.63) is 29.8 Å². The van der Waals surface area contributed by atoms with E-state index in [4.69, 9.17) is 0 Å². The van der Waals surface area contributed by atoms with Crippen LogP contribution in [0.4, 0.5) is 10.5 Å². The Morgan fingerprint density at radius 2 is 1.22 bits per heavy atom. The number of Topliss-reactive ketones (excluding diaryl/α,β-unsaturated/α-hetero) is 1. The summed E-state index contributed by atoms with van der Waals surface area (Å²) in [5.41, 5.74) is 1.08. The predicted octanol–water partition coefficient (Wildman–Crippen LogP) is -0.249. The van der Waals surface area contributed by atoms with E-state index >= 15 is 0 Å². The number of aliphatic carboxylic acids is 4. The number of anilines is 1. The number of nitrogens with one attached hydrogen (secondary N) is 4. The van der Waals surface area contributed by atoms with Crippen molar-refractivity contribution >= 4 is 76.8 Å². The third-order valence-corrected chi connectivity index (χ3v) is 12.2. The molecule has 2 saturated heterocycles. The quantitative estimate of drug-likeness (QED) is 0.0438. The van der Waals surface area contributed by atoms with Crippen molar-refractivity contribution in [2.75, 3.05) is 102 Å². The number of rotatable bonds is 26. The number of hydrogen-bond acceptors (Lipinski definition) is 15. The molecule has 1 aromatic carbocycles. The molecule has 2 fully saturated rings. The molecule has 69 heavy (non-hydrogen) atoms. The van der Waals surface area contributed by atoms with E-state index in [1.165, 1.54) is 23.6 Å². The van der Waals surface area contributed by atoms with Crippen LogP contribution in [0.1, 0.15) is 57.9 Å². The number of carbonyl (C=O) groups is 10. The van der Waals surface area contributed by atoms with Gasteiger partial charge in [0.25, 0.3) is 0 Å². The molecule has 1 aromatic rings. The van der Waals surface area contributed by atoms with Crippen LogP contribution in [0.5, 0.6) is 0 Å². The van der Waals surface area contributed by atoms with Gasteiger partial charge in [0.1, 0.15) is 6.04 Å². The molecule has 386 valence electrons. The van der Waals surface area contributed by atoms with Crippen LogP contribution in [0, 0.1) is 51.8 Å². The number of carboxylic acids is 4. The fourth-order valence-corrected chi connectivity index (χ4v) is 8.11. The third kappa shape index (κ3) is 23.4. The Bertz CT molecular complexity index is 1900. The molecule has 4 atom stereocenters. The third-order valence-electron chi connectivity index (χ3n) is 11.5. The van der Waals surface area contributed by atoms with Gasteiger partial charge in [-0.3, -0.25) is 62.9 Å². The largest absolute Gasteiger partial charge is 0.480 e. The maximum absolute atomic E-state index is 13.4. The standard InChI is InChI=1S/C44H67N9O14S.Gd/c1-29(41(63)47-34(43(65)66)6-4-5-12-53-37(56)23-30(2)42(53)64)22-35(54)33(11-21-68-3)48-44(67)46-32-9-7-31(8-10-32)24-45-36(55)25-49-13-15-50(26-38(57)58)17-19-52(28-40(61)62)20-18-51(16-14-49)27-39(59)60;/h7-10,29-30,33-34H,4-6,11-28H2,1-3H3,(H,45,55)(H,47,63)(H,57,58)(H,59,60)(H,61,62)(H,65,66)(H2,46,48,67);/t29-,30?,33+,34+;/m1./s1. The van der Waals surface area contributed by atoms with Crippen molar-refractivity contribution in [3.63, 3.8) is 0 Å². The minimum absolute atomic E-state index is 0. The monoisotopic (exact) mass is 1140 g/mol. The summed E-state index contributed by atoms with van der Waals surface area (Å²) in [4.78, 5) is 131. The Labute approximate surface area is 437 Å². The number of unbranched alkanes of at least 4 members (excludes halogenated alkanes) is 1. The molecule has 0 spiro atoms. The maximum Gasteiger partial charge on any atom is 0.326 e. The topological polar surface area (TPSA) is 316 Å². The minimum Gasteiger partial charge on any atom is -0.480 e. The van der Waals surface area contributed by atoms with E-state index in [1.807, 2.05) is 6.26 Å². The Balaban J connectivity index is 0.0000163. The summed E-state index contributed by atoms with van der Waals surface area (Å²) in [6.45, 7) is 4.63. The molecule has 2 aliphatic heterocycles. The Hall–Kier alpha value is -4.37. The summed E-state index contributed by atoms with van der Waals surface area (Å²) < 4.78 is 0. The van der Waals surface area contributed by atoms with Crippen LogP contribution >= 0.6 is 11.8 Å². The number of imide groups is 1. The van der Waals surface area contributed by atoms with Gasteiger partial charge >= 0.3 is 29.9 Å².